The minimum Gasteiger partial charge on any atom is -0.438 e. The lowest BCUT2D eigenvalue weighted by Crippen LogP contribution is -2.29. The molecule has 0 bridgehead atoms. The predicted molar refractivity (Wildman–Crippen MR) is 110 cm³/mol. The molecule has 0 saturated carbocycles. The first-order valence-electron chi connectivity index (χ1n) is 9.31. The van der Waals surface area contributed by atoms with Gasteiger partial charge in [0, 0.05) is 25.4 Å². The number of benzene rings is 2. The third kappa shape index (κ3) is 5.72. The van der Waals surface area contributed by atoms with Crippen molar-refractivity contribution >= 4 is 17.3 Å². The van der Waals surface area contributed by atoms with Gasteiger partial charge >= 0.3 is 6.18 Å². The van der Waals surface area contributed by atoms with Crippen molar-refractivity contribution in [2.45, 2.75) is 6.18 Å². The number of halogens is 3. The highest BCUT2D eigenvalue weighted by molar-refractivity contribution is 5.96. The first-order chi connectivity index (χ1) is 15.3. The van der Waals surface area contributed by atoms with E-state index in [0.29, 0.717) is 11.8 Å². The van der Waals surface area contributed by atoms with E-state index in [4.69, 9.17) is 4.74 Å². The Morgan fingerprint density at radius 3 is 2.50 bits per heavy atom. The van der Waals surface area contributed by atoms with Crippen molar-refractivity contribution in [1.82, 2.24) is 10.3 Å². The topological polar surface area (TPSA) is 106 Å². The number of anilines is 1. The zero-order valence-corrected chi connectivity index (χ0v) is 16.4. The number of nitro groups is 1. The van der Waals surface area contributed by atoms with Crippen molar-refractivity contribution in [3.63, 3.8) is 0 Å². The molecule has 0 fully saturated rings. The standard InChI is InChI=1S/C21H17F3N4O4/c22-21(23,24)14-8-9-17(18(13-14)28(30)31)25-11-12-26-19(29)16-7-4-10-27-20(16)32-15-5-2-1-3-6-15/h1-10,13,25H,11-12H2,(H,26,29). The number of hydrogen-bond acceptors (Lipinski definition) is 6. The number of carbonyl (C=O) groups excluding carboxylic acids is 1. The van der Waals surface area contributed by atoms with E-state index in [1.165, 1.54) is 12.3 Å². The molecule has 1 heterocycles. The molecule has 2 N–H and O–H groups in total. The van der Waals surface area contributed by atoms with Gasteiger partial charge in [0.1, 0.15) is 17.0 Å². The number of hydrogen-bond donors (Lipinski definition) is 2. The highest BCUT2D eigenvalue weighted by atomic mass is 19.4. The summed E-state index contributed by atoms with van der Waals surface area (Å²) in [5.41, 5.74) is -1.74. The molecule has 3 rings (SSSR count). The highest BCUT2D eigenvalue weighted by Crippen LogP contribution is 2.34. The quantitative estimate of drug-likeness (QED) is 0.297. The number of nitrogens with zero attached hydrogens (tertiary/aromatic N) is 2. The van der Waals surface area contributed by atoms with Gasteiger partial charge in [0.15, 0.2) is 0 Å². The van der Waals surface area contributed by atoms with Crippen molar-refractivity contribution in [2.75, 3.05) is 18.4 Å². The van der Waals surface area contributed by atoms with Crippen LogP contribution in [-0.4, -0.2) is 28.9 Å². The Morgan fingerprint density at radius 2 is 1.81 bits per heavy atom. The van der Waals surface area contributed by atoms with E-state index < -0.39 is 28.3 Å². The van der Waals surface area contributed by atoms with E-state index in [-0.39, 0.29) is 30.2 Å². The van der Waals surface area contributed by atoms with Crippen LogP contribution in [0.2, 0.25) is 0 Å². The van der Waals surface area contributed by atoms with Crippen LogP contribution in [0.3, 0.4) is 0 Å². The fourth-order valence-electron chi connectivity index (χ4n) is 2.72. The van der Waals surface area contributed by atoms with E-state index in [1.807, 2.05) is 6.07 Å². The second-order valence-electron chi connectivity index (χ2n) is 6.44. The summed E-state index contributed by atoms with van der Waals surface area (Å²) in [6.07, 6.45) is -3.22. The van der Waals surface area contributed by atoms with Crippen molar-refractivity contribution < 1.29 is 27.6 Å². The maximum absolute atomic E-state index is 12.8. The van der Waals surface area contributed by atoms with Gasteiger partial charge in [0.25, 0.3) is 11.6 Å². The minimum absolute atomic E-state index is 0.0348. The number of amides is 1. The van der Waals surface area contributed by atoms with Gasteiger partial charge in [-0.2, -0.15) is 13.2 Å². The summed E-state index contributed by atoms with van der Waals surface area (Å²) in [5.74, 6) is 0.104. The zero-order chi connectivity index (χ0) is 23.1. The molecule has 166 valence electrons. The van der Waals surface area contributed by atoms with Crippen LogP contribution in [0.4, 0.5) is 24.5 Å². The summed E-state index contributed by atoms with van der Waals surface area (Å²) in [5, 5.41) is 16.4. The molecule has 11 heteroatoms. The number of rotatable bonds is 8. The molecule has 0 atom stereocenters. The molecule has 3 aromatic rings. The Kier molecular flexibility index (Phi) is 6.88. The summed E-state index contributed by atoms with van der Waals surface area (Å²) in [4.78, 5) is 26.8. The van der Waals surface area contributed by atoms with Gasteiger partial charge in [-0.25, -0.2) is 4.98 Å². The molecule has 32 heavy (non-hydrogen) atoms. The van der Waals surface area contributed by atoms with Crippen LogP contribution >= 0.6 is 0 Å². The van der Waals surface area contributed by atoms with Gasteiger partial charge in [-0.3, -0.25) is 14.9 Å². The van der Waals surface area contributed by atoms with Crippen LogP contribution in [0.1, 0.15) is 15.9 Å². The number of nitrogens with one attached hydrogen (secondary N) is 2. The third-order valence-corrected chi connectivity index (χ3v) is 4.22. The molecule has 0 saturated heterocycles. The third-order valence-electron chi connectivity index (χ3n) is 4.22. The number of nitro benzene ring substituents is 1. The van der Waals surface area contributed by atoms with E-state index in [1.54, 1.807) is 30.3 Å². The maximum Gasteiger partial charge on any atom is 0.416 e. The summed E-state index contributed by atoms with van der Waals surface area (Å²) in [6, 6.07) is 14.0. The summed E-state index contributed by atoms with van der Waals surface area (Å²) >= 11 is 0. The molecule has 8 nitrogen and oxygen atoms in total. The van der Waals surface area contributed by atoms with Gasteiger partial charge < -0.3 is 15.4 Å². The molecule has 1 amide bonds. The fourth-order valence-corrected chi connectivity index (χ4v) is 2.72. The Balaban J connectivity index is 1.61. The van der Waals surface area contributed by atoms with Gasteiger partial charge in [0.2, 0.25) is 5.88 Å². The van der Waals surface area contributed by atoms with Crippen LogP contribution in [-0.2, 0) is 6.18 Å². The normalized spacial score (nSPS) is 11.0. The molecule has 2 aromatic carbocycles. The minimum atomic E-state index is -4.69. The van der Waals surface area contributed by atoms with Gasteiger partial charge in [0.05, 0.1) is 10.5 Å². The van der Waals surface area contributed by atoms with E-state index in [2.05, 4.69) is 15.6 Å². The summed E-state index contributed by atoms with van der Waals surface area (Å²) in [6.45, 7) is 0.0732. The van der Waals surface area contributed by atoms with E-state index in [9.17, 15) is 28.1 Å². The number of ether oxygens (including phenoxy) is 1. The molecular weight excluding hydrogens is 429 g/mol. The SMILES string of the molecule is O=C(NCCNc1ccc(C(F)(F)F)cc1[N+](=O)[O-])c1cccnc1Oc1ccccc1. The predicted octanol–water partition coefficient (Wildman–Crippen LogP) is 4.64. The Labute approximate surface area is 180 Å². The van der Waals surface area contributed by atoms with Crippen LogP contribution in [0.15, 0.2) is 66.9 Å². The van der Waals surface area contributed by atoms with Crippen LogP contribution in [0.25, 0.3) is 0 Å². The van der Waals surface area contributed by atoms with E-state index in [0.717, 1.165) is 12.1 Å². The fraction of sp³-hybridized carbons (Fsp3) is 0.143. The number of carbonyl (C=O) groups is 1. The molecule has 0 radical (unpaired) electrons. The molecule has 0 spiro atoms. The van der Waals surface area contributed by atoms with E-state index >= 15 is 0 Å². The second-order valence-corrected chi connectivity index (χ2v) is 6.44. The second kappa shape index (κ2) is 9.77. The Hall–Kier alpha value is -4.15. The molecule has 0 unspecified atom stereocenters. The first-order valence-corrected chi connectivity index (χ1v) is 9.31. The lowest BCUT2D eigenvalue weighted by atomic mass is 10.1. The summed E-state index contributed by atoms with van der Waals surface area (Å²) in [7, 11) is 0. The molecule has 0 aliphatic heterocycles. The first kappa shape index (κ1) is 22.5. The highest BCUT2D eigenvalue weighted by Gasteiger charge is 2.33. The number of pyridine rings is 1. The van der Waals surface area contributed by atoms with Gasteiger partial charge in [-0.1, -0.05) is 18.2 Å². The summed E-state index contributed by atoms with van der Waals surface area (Å²) < 4.78 is 44.0. The molecule has 0 aliphatic rings. The van der Waals surface area contributed by atoms with Gasteiger partial charge in [-0.15, -0.1) is 0 Å². The number of aromatic nitrogens is 1. The Bertz CT molecular complexity index is 1110. The average Bonchev–Trinajstić information content (AvgIpc) is 2.77. The lowest BCUT2D eigenvalue weighted by Gasteiger charge is -2.12. The average molecular weight is 446 g/mol. The van der Waals surface area contributed by atoms with Crippen molar-refractivity contribution in [1.29, 1.82) is 0 Å². The van der Waals surface area contributed by atoms with Crippen molar-refractivity contribution in [3.8, 4) is 11.6 Å². The number of alkyl halides is 3. The smallest absolute Gasteiger partial charge is 0.416 e. The Morgan fingerprint density at radius 1 is 1.06 bits per heavy atom. The van der Waals surface area contributed by atoms with Crippen molar-refractivity contribution in [3.05, 3.63) is 88.1 Å². The van der Waals surface area contributed by atoms with Crippen LogP contribution in [0.5, 0.6) is 11.6 Å². The maximum atomic E-state index is 12.8. The van der Waals surface area contributed by atoms with Crippen molar-refractivity contribution in [2.24, 2.45) is 0 Å². The largest absolute Gasteiger partial charge is 0.438 e. The molecule has 1 aromatic heterocycles. The molecular formula is C21H17F3N4O4. The zero-order valence-electron chi connectivity index (χ0n) is 16.4. The van der Waals surface area contributed by atoms with Crippen LogP contribution in [0, 0.1) is 10.1 Å². The monoisotopic (exact) mass is 446 g/mol. The molecule has 0 aliphatic carbocycles. The van der Waals surface area contributed by atoms with Gasteiger partial charge in [-0.05, 0) is 36.4 Å². The lowest BCUT2D eigenvalue weighted by molar-refractivity contribution is -0.384. The van der Waals surface area contributed by atoms with Crippen LogP contribution < -0.4 is 15.4 Å². The number of para-hydroxylation sites is 1.